The summed E-state index contributed by atoms with van der Waals surface area (Å²) >= 11 is 0. The summed E-state index contributed by atoms with van der Waals surface area (Å²) in [7, 11) is -3.23. The molecular formula is C11H16FNO3S. The molecule has 0 saturated heterocycles. The fourth-order valence-electron chi connectivity index (χ4n) is 1.25. The number of sulfonamides is 1. The van der Waals surface area contributed by atoms with Crippen LogP contribution in [0.2, 0.25) is 0 Å². The van der Waals surface area contributed by atoms with Crippen molar-refractivity contribution in [2.75, 3.05) is 12.8 Å². The van der Waals surface area contributed by atoms with Crippen molar-refractivity contribution >= 4 is 10.0 Å². The molecule has 0 aliphatic rings. The van der Waals surface area contributed by atoms with Crippen LogP contribution in [-0.2, 0) is 10.0 Å². The summed E-state index contributed by atoms with van der Waals surface area (Å²) in [6.07, 6.45) is 1.40. The lowest BCUT2D eigenvalue weighted by atomic mass is 10.2. The van der Waals surface area contributed by atoms with E-state index in [2.05, 4.69) is 4.72 Å². The van der Waals surface area contributed by atoms with Crippen molar-refractivity contribution in [1.82, 2.24) is 4.72 Å². The third-order valence-corrected chi connectivity index (χ3v) is 2.82. The van der Waals surface area contributed by atoms with E-state index in [1.807, 2.05) is 6.92 Å². The summed E-state index contributed by atoms with van der Waals surface area (Å²) in [5.74, 6) is 0.0144. The van der Waals surface area contributed by atoms with E-state index in [1.54, 1.807) is 12.1 Å². The lowest BCUT2D eigenvalue weighted by Crippen LogP contribution is -2.34. The molecule has 0 fully saturated rings. The normalized spacial score (nSPS) is 13.4. The molecule has 0 aromatic heterocycles. The van der Waals surface area contributed by atoms with Gasteiger partial charge in [0.1, 0.15) is 17.7 Å². The van der Waals surface area contributed by atoms with Crippen molar-refractivity contribution in [2.45, 2.75) is 19.4 Å². The number of hydrogen-bond donors (Lipinski definition) is 1. The quantitative estimate of drug-likeness (QED) is 0.845. The third-order valence-electron chi connectivity index (χ3n) is 2.13. The number of nitrogens with one attached hydrogen (secondary N) is 1. The van der Waals surface area contributed by atoms with Crippen LogP contribution in [0.3, 0.4) is 0 Å². The van der Waals surface area contributed by atoms with Crippen LogP contribution in [0.15, 0.2) is 24.3 Å². The Bertz CT molecular complexity index is 462. The van der Waals surface area contributed by atoms with Gasteiger partial charge in [-0.15, -0.1) is 0 Å². The molecule has 17 heavy (non-hydrogen) atoms. The minimum atomic E-state index is -3.23. The van der Waals surface area contributed by atoms with E-state index < -0.39 is 10.0 Å². The molecule has 0 radical (unpaired) electrons. The molecular weight excluding hydrogens is 245 g/mol. The van der Waals surface area contributed by atoms with Crippen LogP contribution in [0.5, 0.6) is 5.75 Å². The molecule has 96 valence electrons. The van der Waals surface area contributed by atoms with E-state index in [0.29, 0.717) is 12.2 Å². The fourth-order valence-corrected chi connectivity index (χ4v) is 1.74. The maximum atomic E-state index is 12.9. The van der Waals surface area contributed by atoms with Crippen LogP contribution < -0.4 is 9.46 Å². The molecule has 1 N–H and O–H groups in total. The van der Waals surface area contributed by atoms with E-state index in [-0.39, 0.29) is 18.5 Å². The monoisotopic (exact) mass is 261 g/mol. The van der Waals surface area contributed by atoms with Gasteiger partial charge in [-0.05, 0) is 18.6 Å². The largest absolute Gasteiger partial charge is 0.489 e. The zero-order valence-corrected chi connectivity index (χ0v) is 10.6. The van der Waals surface area contributed by atoms with E-state index in [4.69, 9.17) is 4.74 Å². The molecule has 1 unspecified atom stereocenters. The Balaban J connectivity index is 2.58. The summed E-state index contributed by atoms with van der Waals surface area (Å²) < 4.78 is 42.6. The van der Waals surface area contributed by atoms with Gasteiger partial charge in [0, 0.05) is 12.6 Å². The first-order chi connectivity index (χ1) is 7.90. The first kappa shape index (κ1) is 13.9. The van der Waals surface area contributed by atoms with Crippen LogP contribution in [-0.4, -0.2) is 27.3 Å². The van der Waals surface area contributed by atoms with Gasteiger partial charge in [-0.2, -0.15) is 0 Å². The van der Waals surface area contributed by atoms with E-state index >= 15 is 0 Å². The average Bonchev–Trinajstić information content (AvgIpc) is 2.23. The molecule has 1 aromatic carbocycles. The Morgan fingerprint density at radius 2 is 2.18 bits per heavy atom. The molecule has 1 rings (SSSR count). The Hall–Kier alpha value is -1.14. The van der Waals surface area contributed by atoms with Gasteiger partial charge in [-0.1, -0.05) is 13.0 Å². The summed E-state index contributed by atoms with van der Waals surface area (Å²) in [6.45, 7) is 2.04. The summed E-state index contributed by atoms with van der Waals surface area (Å²) in [6, 6.07) is 5.76. The van der Waals surface area contributed by atoms with E-state index in [9.17, 15) is 12.8 Å². The van der Waals surface area contributed by atoms with Gasteiger partial charge in [0.25, 0.3) is 0 Å². The van der Waals surface area contributed by atoms with Crippen molar-refractivity contribution in [3.05, 3.63) is 30.1 Å². The SMILES string of the molecule is CCC(CNS(C)(=O)=O)Oc1cccc(F)c1. The highest BCUT2D eigenvalue weighted by molar-refractivity contribution is 7.88. The van der Waals surface area contributed by atoms with Crippen molar-refractivity contribution in [3.63, 3.8) is 0 Å². The van der Waals surface area contributed by atoms with Gasteiger partial charge in [0.05, 0.1) is 6.26 Å². The summed E-state index contributed by atoms with van der Waals surface area (Å²) in [5, 5.41) is 0. The smallest absolute Gasteiger partial charge is 0.208 e. The third kappa shape index (κ3) is 5.65. The number of ether oxygens (including phenoxy) is 1. The highest BCUT2D eigenvalue weighted by Gasteiger charge is 2.11. The molecule has 1 aromatic rings. The summed E-state index contributed by atoms with van der Waals surface area (Å²) in [4.78, 5) is 0. The molecule has 0 heterocycles. The lowest BCUT2D eigenvalue weighted by Gasteiger charge is -2.17. The molecule has 4 nitrogen and oxygen atoms in total. The van der Waals surface area contributed by atoms with Crippen molar-refractivity contribution < 1.29 is 17.5 Å². The minimum Gasteiger partial charge on any atom is -0.489 e. The van der Waals surface area contributed by atoms with Gasteiger partial charge in [0.15, 0.2) is 0 Å². The zero-order chi connectivity index (χ0) is 12.9. The molecule has 0 saturated carbocycles. The van der Waals surface area contributed by atoms with Crippen LogP contribution in [0.25, 0.3) is 0 Å². The zero-order valence-electron chi connectivity index (χ0n) is 9.81. The van der Waals surface area contributed by atoms with Crippen LogP contribution in [0.1, 0.15) is 13.3 Å². The van der Waals surface area contributed by atoms with Gasteiger partial charge in [-0.3, -0.25) is 0 Å². The maximum absolute atomic E-state index is 12.9. The van der Waals surface area contributed by atoms with Crippen LogP contribution >= 0.6 is 0 Å². The average molecular weight is 261 g/mol. The van der Waals surface area contributed by atoms with Crippen LogP contribution in [0.4, 0.5) is 4.39 Å². The molecule has 0 amide bonds. The predicted octanol–water partition coefficient (Wildman–Crippen LogP) is 1.53. The second-order valence-corrected chi connectivity index (χ2v) is 5.56. The van der Waals surface area contributed by atoms with Gasteiger partial charge in [-0.25, -0.2) is 17.5 Å². The van der Waals surface area contributed by atoms with Gasteiger partial charge in [0.2, 0.25) is 10.0 Å². The Morgan fingerprint density at radius 3 is 2.71 bits per heavy atom. The van der Waals surface area contributed by atoms with Crippen LogP contribution in [0, 0.1) is 5.82 Å². The van der Waals surface area contributed by atoms with Crippen molar-refractivity contribution in [1.29, 1.82) is 0 Å². The lowest BCUT2D eigenvalue weighted by molar-refractivity contribution is 0.200. The second kappa shape index (κ2) is 5.97. The highest BCUT2D eigenvalue weighted by Crippen LogP contribution is 2.14. The Morgan fingerprint density at radius 1 is 1.47 bits per heavy atom. The standard InChI is InChI=1S/C11H16FNO3S/c1-3-10(8-13-17(2,14)15)16-11-6-4-5-9(12)7-11/h4-7,10,13H,3,8H2,1-2H3. The Kier molecular flexibility index (Phi) is 4.89. The number of hydrogen-bond acceptors (Lipinski definition) is 3. The summed E-state index contributed by atoms with van der Waals surface area (Å²) in [5.41, 5.74) is 0. The fraction of sp³-hybridized carbons (Fsp3) is 0.455. The second-order valence-electron chi connectivity index (χ2n) is 3.73. The molecule has 6 heteroatoms. The topological polar surface area (TPSA) is 55.4 Å². The number of halogens is 1. The van der Waals surface area contributed by atoms with Gasteiger partial charge < -0.3 is 4.74 Å². The highest BCUT2D eigenvalue weighted by atomic mass is 32.2. The van der Waals surface area contributed by atoms with Crippen molar-refractivity contribution in [2.24, 2.45) is 0 Å². The maximum Gasteiger partial charge on any atom is 0.208 e. The van der Waals surface area contributed by atoms with Gasteiger partial charge >= 0.3 is 0 Å². The molecule has 1 atom stereocenters. The first-order valence-corrected chi connectivity index (χ1v) is 7.16. The van der Waals surface area contributed by atoms with E-state index in [1.165, 1.54) is 12.1 Å². The van der Waals surface area contributed by atoms with Crippen molar-refractivity contribution in [3.8, 4) is 5.75 Å². The van der Waals surface area contributed by atoms with E-state index in [0.717, 1.165) is 6.26 Å². The molecule has 0 aliphatic carbocycles. The minimum absolute atomic E-state index is 0.172. The molecule has 0 spiro atoms. The predicted molar refractivity (Wildman–Crippen MR) is 64.0 cm³/mol. The number of benzene rings is 1. The molecule has 0 bridgehead atoms. The molecule has 0 aliphatic heterocycles. The Labute approximate surface area is 101 Å². The first-order valence-electron chi connectivity index (χ1n) is 5.27. The number of rotatable bonds is 6.